The molecule has 1 fully saturated rings. The molecule has 0 bridgehead atoms. The minimum atomic E-state index is -2.04. The van der Waals surface area contributed by atoms with Crippen molar-refractivity contribution < 1.29 is 23.5 Å². The van der Waals surface area contributed by atoms with E-state index in [2.05, 4.69) is 40.8 Å². The van der Waals surface area contributed by atoms with Gasteiger partial charge in [0.25, 0.3) is 0 Å². The second kappa shape index (κ2) is 8.53. The van der Waals surface area contributed by atoms with E-state index < -0.39 is 19.8 Å². The smallest absolute Gasteiger partial charge is 0.311 e. The minimum absolute atomic E-state index is 0.0155. The standard InChI is InChI=1S/C20H38O5Si/c1-14-12-16(17(13-21)25-26(8,9)20(5,6)7)24-15(14)10-11-23-18(22)19(2,3)4/h13-17H,10-12H2,1-9H3/t14-,15+,16-,17-/m1/s1. The summed E-state index contributed by atoms with van der Waals surface area (Å²) in [5, 5.41) is 0.0407. The lowest BCUT2D eigenvalue weighted by Crippen LogP contribution is -2.47. The summed E-state index contributed by atoms with van der Waals surface area (Å²) < 4.78 is 17.8. The first-order chi connectivity index (χ1) is 11.7. The van der Waals surface area contributed by atoms with Crippen LogP contribution < -0.4 is 0 Å². The average molecular weight is 387 g/mol. The monoisotopic (exact) mass is 386 g/mol. The highest BCUT2D eigenvalue weighted by Crippen LogP contribution is 2.39. The molecule has 5 nitrogen and oxygen atoms in total. The van der Waals surface area contributed by atoms with Gasteiger partial charge in [0, 0.05) is 6.42 Å². The Morgan fingerprint density at radius 1 is 1.23 bits per heavy atom. The largest absolute Gasteiger partial charge is 0.465 e. The van der Waals surface area contributed by atoms with Gasteiger partial charge in [-0.15, -0.1) is 0 Å². The Hall–Kier alpha value is -0.723. The molecular formula is C20H38O5Si. The third-order valence-electron chi connectivity index (χ3n) is 5.57. The normalized spacial score (nSPS) is 25.8. The summed E-state index contributed by atoms with van der Waals surface area (Å²) in [6.07, 6.45) is 1.56. The summed E-state index contributed by atoms with van der Waals surface area (Å²) in [6, 6.07) is 0. The maximum absolute atomic E-state index is 11.9. The first kappa shape index (κ1) is 23.3. The molecule has 0 aromatic rings. The van der Waals surface area contributed by atoms with E-state index in [1.807, 2.05) is 20.8 Å². The number of hydrogen-bond acceptors (Lipinski definition) is 5. The molecule has 0 N–H and O–H groups in total. The van der Waals surface area contributed by atoms with Crippen molar-refractivity contribution in [1.29, 1.82) is 0 Å². The number of hydrogen-bond donors (Lipinski definition) is 0. The van der Waals surface area contributed by atoms with Crippen LogP contribution in [0.5, 0.6) is 0 Å². The third kappa shape index (κ3) is 6.17. The Morgan fingerprint density at radius 3 is 2.27 bits per heavy atom. The molecule has 1 heterocycles. The molecule has 0 aromatic heterocycles. The highest BCUT2D eigenvalue weighted by Gasteiger charge is 2.44. The number of carbonyl (C=O) groups excluding carboxylic acids is 2. The summed E-state index contributed by atoms with van der Waals surface area (Å²) >= 11 is 0. The van der Waals surface area contributed by atoms with Crippen LogP contribution in [0.4, 0.5) is 0 Å². The zero-order chi connectivity index (χ0) is 20.3. The van der Waals surface area contributed by atoms with E-state index in [4.69, 9.17) is 13.9 Å². The van der Waals surface area contributed by atoms with Crippen molar-refractivity contribution >= 4 is 20.6 Å². The summed E-state index contributed by atoms with van der Waals surface area (Å²) in [7, 11) is -2.04. The Labute approximate surface area is 160 Å². The van der Waals surface area contributed by atoms with Gasteiger partial charge in [-0.05, 0) is 51.2 Å². The van der Waals surface area contributed by atoms with Gasteiger partial charge in [0.05, 0.1) is 24.2 Å². The summed E-state index contributed by atoms with van der Waals surface area (Å²) in [5.41, 5.74) is -0.496. The van der Waals surface area contributed by atoms with Crippen molar-refractivity contribution in [3.8, 4) is 0 Å². The van der Waals surface area contributed by atoms with E-state index in [1.54, 1.807) is 0 Å². The van der Waals surface area contributed by atoms with Crippen LogP contribution in [0, 0.1) is 11.3 Å². The molecule has 152 valence electrons. The second-order valence-electron chi connectivity index (χ2n) is 10.1. The topological polar surface area (TPSA) is 61.8 Å². The maximum Gasteiger partial charge on any atom is 0.311 e. The van der Waals surface area contributed by atoms with E-state index in [0.29, 0.717) is 18.9 Å². The van der Waals surface area contributed by atoms with Gasteiger partial charge < -0.3 is 18.7 Å². The molecule has 0 spiro atoms. The summed E-state index contributed by atoms with van der Waals surface area (Å²) in [6.45, 7) is 18.7. The minimum Gasteiger partial charge on any atom is -0.465 e. The zero-order valence-corrected chi connectivity index (χ0v) is 19.0. The van der Waals surface area contributed by atoms with Crippen LogP contribution >= 0.6 is 0 Å². The van der Waals surface area contributed by atoms with Crippen LogP contribution in [-0.4, -0.2) is 45.5 Å². The van der Waals surface area contributed by atoms with E-state index >= 15 is 0 Å². The molecule has 1 saturated heterocycles. The fourth-order valence-electron chi connectivity index (χ4n) is 2.69. The molecule has 0 saturated carbocycles. The molecule has 6 heteroatoms. The Kier molecular flexibility index (Phi) is 7.65. The van der Waals surface area contributed by atoms with Crippen molar-refractivity contribution in [2.75, 3.05) is 6.61 Å². The number of aldehydes is 1. The van der Waals surface area contributed by atoms with Crippen LogP contribution in [-0.2, 0) is 23.5 Å². The van der Waals surface area contributed by atoms with E-state index in [1.165, 1.54) is 0 Å². The Balaban J connectivity index is 2.61. The lowest BCUT2D eigenvalue weighted by atomic mass is 9.97. The van der Waals surface area contributed by atoms with Crippen LogP contribution in [0.2, 0.25) is 18.1 Å². The van der Waals surface area contributed by atoms with E-state index in [-0.39, 0.29) is 23.2 Å². The highest BCUT2D eigenvalue weighted by atomic mass is 28.4. The fourth-order valence-corrected chi connectivity index (χ4v) is 3.93. The van der Waals surface area contributed by atoms with Gasteiger partial charge in [-0.3, -0.25) is 4.79 Å². The molecule has 0 amide bonds. The number of esters is 1. The Morgan fingerprint density at radius 2 is 1.81 bits per heavy atom. The van der Waals surface area contributed by atoms with Crippen LogP contribution in [0.3, 0.4) is 0 Å². The number of ether oxygens (including phenoxy) is 2. The van der Waals surface area contributed by atoms with Gasteiger partial charge in [-0.2, -0.15) is 0 Å². The van der Waals surface area contributed by atoms with Crippen molar-refractivity contribution in [1.82, 2.24) is 0 Å². The molecule has 1 aliphatic heterocycles. The van der Waals surface area contributed by atoms with Gasteiger partial charge in [-0.1, -0.05) is 27.7 Å². The predicted molar refractivity (Wildman–Crippen MR) is 106 cm³/mol. The summed E-state index contributed by atoms with van der Waals surface area (Å²) in [4.78, 5) is 23.5. The molecule has 0 aromatic carbocycles. The van der Waals surface area contributed by atoms with Crippen LogP contribution in [0.15, 0.2) is 0 Å². The molecule has 1 aliphatic rings. The molecule has 0 unspecified atom stereocenters. The average Bonchev–Trinajstić information content (AvgIpc) is 2.83. The first-order valence-electron chi connectivity index (χ1n) is 9.65. The zero-order valence-electron chi connectivity index (χ0n) is 18.0. The second-order valence-corrected chi connectivity index (χ2v) is 14.8. The van der Waals surface area contributed by atoms with Crippen LogP contribution in [0.1, 0.15) is 61.3 Å². The maximum atomic E-state index is 11.9. The Bertz CT molecular complexity index is 489. The molecular weight excluding hydrogens is 348 g/mol. The van der Waals surface area contributed by atoms with Gasteiger partial charge in [-0.25, -0.2) is 0 Å². The summed E-state index contributed by atoms with van der Waals surface area (Å²) in [5.74, 6) is 0.102. The lowest BCUT2D eigenvalue weighted by Gasteiger charge is -2.39. The van der Waals surface area contributed by atoms with Gasteiger partial charge >= 0.3 is 5.97 Å². The molecule has 26 heavy (non-hydrogen) atoms. The lowest BCUT2D eigenvalue weighted by molar-refractivity contribution is -0.154. The molecule has 0 radical (unpaired) electrons. The highest BCUT2D eigenvalue weighted by molar-refractivity contribution is 6.74. The van der Waals surface area contributed by atoms with Crippen molar-refractivity contribution in [3.05, 3.63) is 0 Å². The SMILES string of the molecule is C[C@@H]1C[C@H]([C@@H](C=O)O[Si](C)(C)C(C)(C)C)O[C@H]1CCOC(=O)C(C)(C)C. The molecule has 4 atom stereocenters. The fraction of sp³-hybridized carbons (Fsp3) is 0.900. The molecule has 0 aliphatic carbocycles. The van der Waals surface area contributed by atoms with E-state index in [0.717, 1.165) is 12.7 Å². The third-order valence-corrected chi connectivity index (χ3v) is 10.0. The number of carbonyl (C=O) groups is 2. The van der Waals surface area contributed by atoms with Gasteiger partial charge in [0.15, 0.2) is 8.32 Å². The predicted octanol–water partition coefficient (Wildman–Crippen LogP) is 4.35. The van der Waals surface area contributed by atoms with E-state index in [9.17, 15) is 9.59 Å². The first-order valence-corrected chi connectivity index (χ1v) is 12.6. The van der Waals surface area contributed by atoms with Gasteiger partial charge in [0.1, 0.15) is 12.4 Å². The quantitative estimate of drug-likeness (QED) is 0.370. The van der Waals surface area contributed by atoms with Crippen LogP contribution in [0.25, 0.3) is 0 Å². The van der Waals surface area contributed by atoms with Crippen molar-refractivity contribution in [2.24, 2.45) is 11.3 Å². The molecule has 1 rings (SSSR count). The van der Waals surface area contributed by atoms with Gasteiger partial charge in [0.2, 0.25) is 0 Å². The number of rotatable bonds is 7. The van der Waals surface area contributed by atoms with Crippen molar-refractivity contribution in [3.63, 3.8) is 0 Å². The van der Waals surface area contributed by atoms with Crippen molar-refractivity contribution in [2.45, 2.75) is 97.8 Å².